The molecule has 0 aromatic rings. The molecule has 2 nitrogen and oxygen atoms in total. The minimum atomic E-state index is 0.679. The Morgan fingerprint density at radius 2 is 1.76 bits per heavy atom. The van der Waals surface area contributed by atoms with Crippen LogP contribution in [0.1, 0.15) is 52.4 Å². The molecule has 1 saturated carbocycles. The molecular formula is C15H30N2. The molecule has 0 aromatic heterocycles. The van der Waals surface area contributed by atoms with Gasteiger partial charge in [-0.05, 0) is 56.7 Å². The van der Waals surface area contributed by atoms with Gasteiger partial charge in [0.25, 0.3) is 0 Å². The highest BCUT2D eigenvalue weighted by atomic mass is 15.1. The van der Waals surface area contributed by atoms with Crippen LogP contribution in [-0.4, -0.2) is 37.6 Å². The quantitative estimate of drug-likeness (QED) is 0.686. The van der Waals surface area contributed by atoms with Crippen molar-refractivity contribution in [3.8, 4) is 0 Å². The maximum absolute atomic E-state index is 3.60. The van der Waals surface area contributed by atoms with Gasteiger partial charge in [0.2, 0.25) is 0 Å². The smallest absolute Gasteiger partial charge is 0.0107 e. The zero-order chi connectivity index (χ0) is 12.1. The van der Waals surface area contributed by atoms with Crippen molar-refractivity contribution in [2.75, 3.05) is 32.7 Å². The predicted octanol–water partition coefficient (Wildman–Crippen LogP) is 2.89. The summed E-state index contributed by atoms with van der Waals surface area (Å²) in [6.45, 7) is 11.1. The Balaban J connectivity index is 1.57. The minimum absolute atomic E-state index is 0.679. The summed E-state index contributed by atoms with van der Waals surface area (Å²) in [6.07, 6.45) is 8.51. The second-order valence-electron chi connectivity index (χ2n) is 6.20. The molecule has 1 aliphatic heterocycles. The highest BCUT2D eigenvalue weighted by Crippen LogP contribution is 2.37. The SMILES string of the molecule is CCC1(CC)CCN(CCNCC2CC2)CC1. The lowest BCUT2D eigenvalue weighted by Gasteiger charge is -2.41. The molecule has 0 spiro atoms. The fraction of sp³-hybridized carbons (Fsp3) is 1.00. The standard InChI is InChI=1S/C15H30N2/c1-3-15(4-2)7-10-17(11-8-15)12-9-16-13-14-5-6-14/h14,16H,3-13H2,1-2H3. The fourth-order valence-corrected chi connectivity index (χ4v) is 3.07. The van der Waals surface area contributed by atoms with E-state index in [9.17, 15) is 0 Å². The first-order chi connectivity index (χ1) is 8.28. The zero-order valence-electron chi connectivity index (χ0n) is 11.8. The number of piperidine rings is 1. The van der Waals surface area contributed by atoms with Crippen LogP contribution in [0.3, 0.4) is 0 Å². The van der Waals surface area contributed by atoms with Crippen molar-refractivity contribution in [2.24, 2.45) is 11.3 Å². The first-order valence-electron chi connectivity index (χ1n) is 7.71. The molecule has 2 heteroatoms. The first-order valence-corrected chi connectivity index (χ1v) is 7.71. The number of hydrogen-bond donors (Lipinski definition) is 1. The molecule has 2 aliphatic rings. The van der Waals surface area contributed by atoms with Crippen LogP contribution in [-0.2, 0) is 0 Å². The first kappa shape index (κ1) is 13.4. The van der Waals surface area contributed by atoms with E-state index in [-0.39, 0.29) is 0 Å². The van der Waals surface area contributed by atoms with E-state index >= 15 is 0 Å². The van der Waals surface area contributed by atoms with Crippen LogP contribution >= 0.6 is 0 Å². The zero-order valence-corrected chi connectivity index (χ0v) is 11.8. The highest BCUT2D eigenvalue weighted by molar-refractivity contribution is 4.84. The van der Waals surface area contributed by atoms with Gasteiger partial charge in [0.05, 0.1) is 0 Å². The average Bonchev–Trinajstić information content (AvgIpc) is 3.20. The maximum Gasteiger partial charge on any atom is 0.0107 e. The van der Waals surface area contributed by atoms with Crippen molar-refractivity contribution in [3.05, 3.63) is 0 Å². The molecule has 0 amide bonds. The molecule has 0 bridgehead atoms. The highest BCUT2D eigenvalue weighted by Gasteiger charge is 2.30. The molecule has 17 heavy (non-hydrogen) atoms. The van der Waals surface area contributed by atoms with Gasteiger partial charge >= 0.3 is 0 Å². The van der Waals surface area contributed by atoms with Gasteiger partial charge in [-0.15, -0.1) is 0 Å². The molecule has 1 saturated heterocycles. The summed E-state index contributed by atoms with van der Waals surface area (Å²) in [6, 6.07) is 0. The van der Waals surface area contributed by atoms with Crippen LogP contribution < -0.4 is 5.32 Å². The summed E-state index contributed by atoms with van der Waals surface area (Å²) < 4.78 is 0. The van der Waals surface area contributed by atoms with Crippen molar-refractivity contribution in [1.82, 2.24) is 10.2 Å². The monoisotopic (exact) mass is 238 g/mol. The summed E-state index contributed by atoms with van der Waals surface area (Å²) in [5, 5.41) is 3.60. The second kappa shape index (κ2) is 6.19. The van der Waals surface area contributed by atoms with Gasteiger partial charge in [0, 0.05) is 13.1 Å². The van der Waals surface area contributed by atoms with Crippen LogP contribution in [0, 0.1) is 11.3 Å². The molecule has 2 rings (SSSR count). The topological polar surface area (TPSA) is 15.3 Å². The van der Waals surface area contributed by atoms with Crippen molar-refractivity contribution < 1.29 is 0 Å². The Hall–Kier alpha value is -0.0800. The molecule has 100 valence electrons. The molecule has 0 aromatic carbocycles. The van der Waals surface area contributed by atoms with Gasteiger partial charge in [-0.1, -0.05) is 26.7 Å². The summed E-state index contributed by atoms with van der Waals surface area (Å²) in [5.41, 5.74) is 0.679. The van der Waals surface area contributed by atoms with Crippen LogP contribution in [0.15, 0.2) is 0 Å². The van der Waals surface area contributed by atoms with E-state index in [1.807, 2.05) is 0 Å². The van der Waals surface area contributed by atoms with Gasteiger partial charge in [-0.3, -0.25) is 0 Å². The van der Waals surface area contributed by atoms with Gasteiger partial charge in [-0.25, -0.2) is 0 Å². The Morgan fingerprint density at radius 3 is 2.29 bits per heavy atom. The second-order valence-corrected chi connectivity index (χ2v) is 6.20. The summed E-state index contributed by atoms with van der Waals surface area (Å²) >= 11 is 0. The van der Waals surface area contributed by atoms with E-state index in [0.29, 0.717) is 5.41 Å². The van der Waals surface area contributed by atoms with Crippen molar-refractivity contribution in [3.63, 3.8) is 0 Å². The van der Waals surface area contributed by atoms with E-state index in [1.54, 1.807) is 0 Å². The third-order valence-electron chi connectivity index (χ3n) is 5.15. The van der Waals surface area contributed by atoms with Gasteiger partial charge in [0.1, 0.15) is 0 Å². The Kier molecular flexibility index (Phi) is 4.87. The summed E-state index contributed by atoms with van der Waals surface area (Å²) in [5.74, 6) is 1.02. The molecular weight excluding hydrogens is 208 g/mol. The third kappa shape index (κ3) is 3.96. The van der Waals surface area contributed by atoms with E-state index in [0.717, 1.165) is 5.92 Å². The lowest BCUT2D eigenvalue weighted by atomic mass is 9.74. The number of nitrogens with zero attached hydrogens (tertiary/aromatic N) is 1. The van der Waals surface area contributed by atoms with Crippen LogP contribution in [0.5, 0.6) is 0 Å². The normalized spacial score (nSPS) is 25.1. The molecule has 0 atom stereocenters. The van der Waals surface area contributed by atoms with Gasteiger partial charge in [-0.2, -0.15) is 0 Å². The van der Waals surface area contributed by atoms with Crippen LogP contribution in [0.2, 0.25) is 0 Å². The molecule has 2 fully saturated rings. The van der Waals surface area contributed by atoms with Gasteiger partial charge < -0.3 is 10.2 Å². The third-order valence-corrected chi connectivity index (χ3v) is 5.15. The molecule has 1 aliphatic carbocycles. The van der Waals surface area contributed by atoms with Crippen molar-refractivity contribution >= 4 is 0 Å². The Bertz CT molecular complexity index is 209. The van der Waals surface area contributed by atoms with E-state index in [4.69, 9.17) is 0 Å². The number of likely N-dealkylation sites (tertiary alicyclic amines) is 1. The lowest BCUT2D eigenvalue weighted by Crippen LogP contribution is -2.42. The largest absolute Gasteiger partial charge is 0.315 e. The maximum atomic E-state index is 3.60. The van der Waals surface area contributed by atoms with E-state index in [2.05, 4.69) is 24.1 Å². The number of hydrogen-bond acceptors (Lipinski definition) is 2. The number of nitrogens with one attached hydrogen (secondary N) is 1. The molecule has 0 unspecified atom stereocenters. The molecule has 1 N–H and O–H groups in total. The van der Waals surface area contributed by atoms with Gasteiger partial charge in [0.15, 0.2) is 0 Å². The van der Waals surface area contributed by atoms with E-state index in [1.165, 1.54) is 71.2 Å². The lowest BCUT2D eigenvalue weighted by molar-refractivity contribution is 0.0961. The number of rotatable bonds is 7. The van der Waals surface area contributed by atoms with Crippen molar-refractivity contribution in [2.45, 2.75) is 52.4 Å². The van der Waals surface area contributed by atoms with Crippen molar-refractivity contribution in [1.29, 1.82) is 0 Å². The molecule has 1 heterocycles. The Morgan fingerprint density at radius 1 is 1.12 bits per heavy atom. The van der Waals surface area contributed by atoms with E-state index < -0.39 is 0 Å². The summed E-state index contributed by atoms with van der Waals surface area (Å²) in [7, 11) is 0. The predicted molar refractivity (Wildman–Crippen MR) is 74.3 cm³/mol. The Labute approximate surface area is 107 Å². The van der Waals surface area contributed by atoms with Crippen LogP contribution in [0.25, 0.3) is 0 Å². The van der Waals surface area contributed by atoms with Crippen LogP contribution in [0.4, 0.5) is 0 Å². The molecule has 0 radical (unpaired) electrons. The minimum Gasteiger partial charge on any atom is -0.315 e. The average molecular weight is 238 g/mol. The summed E-state index contributed by atoms with van der Waals surface area (Å²) in [4.78, 5) is 2.66. The fourth-order valence-electron chi connectivity index (χ4n) is 3.07.